The van der Waals surface area contributed by atoms with Crippen LogP contribution in [0.25, 0.3) is 11.0 Å². The Balaban J connectivity index is 1.61. The highest BCUT2D eigenvalue weighted by Gasteiger charge is 2.18. The SMILES string of the molecule is Cc1ccccc1C(=O)Nc1ccc2c(c1)nc(CN1CCOCC1)n2C(C)C. The first kappa shape index (κ1) is 19.6. The van der Waals surface area contributed by atoms with Gasteiger partial charge in [0.25, 0.3) is 5.91 Å². The van der Waals surface area contributed by atoms with Crippen LogP contribution in [0.4, 0.5) is 5.69 Å². The number of hydrogen-bond donors (Lipinski definition) is 1. The number of rotatable bonds is 5. The molecule has 6 heteroatoms. The van der Waals surface area contributed by atoms with Crippen molar-refractivity contribution in [2.24, 2.45) is 0 Å². The topological polar surface area (TPSA) is 59.4 Å². The van der Waals surface area contributed by atoms with E-state index in [0.717, 1.165) is 61.0 Å². The summed E-state index contributed by atoms with van der Waals surface area (Å²) in [7, 11) is 0. The minimum Gasteiger partial charge on any atom is -0.379 e. The van der Waals surface area contributed by atoms with Crippen molar-refractivity contribution < 1.29 is 9.53 Å². The number of morpholine rings is 1. The van der Waals surface area contributed by atoms with Gasteiger partial charge in [-0.25, -0.2) is 4.98 Å². The van der Waals surface area contributed by atoms with Crippen molar-refractivity contribution in [3.8, 4) is 0 Å². The molecule has 1 saturated heterocycles. The number of anilines is 1. The summed E-state index contributed by atoms with van der Waals surface area (Å²) in [6.45, 7) is 10.5. The molecule has 1 fully saturated rings. The summed E-state index contributed by atoms with van der Waals surface area (Å²) < 4.78 is 7.75. The number of carbonyl (C=O) groups excluding carboxylic acids is 1. The maximum Gasteiger partial charge on any atom is 0.255 e. The molecular formula is C23H28N4O2. The molecule has 0 spiro atoms. The molecule has 1 aliphatic heterocycles. The molecule has 3 aromatic rings. The molecule has 29 heavy (non-hydrogen) atoms. The van der Waals surface area contributed by atoms with Gasteiger partial charge in [0, 0.05) is 30.4 Å². The van der Waals surface area contributed by atoms with Crippen LogP contribution in [0.5, 0.6) is 0 Å². The van der Waals surface area contributed by atoms with Gasteiger partial charge >= 0.3 is 0 Å². The van der Waals surface area contributed by atoms with E-state index in [-0.39, 0.29) is 5.91 Å². The second kappa shape index (κ2) is 8.35. The number of ether oxygens (including phenoxy) is 1. The minimum absolute atomic E-state index is 0.0979. The Morgan fingerprint density at radius 1 is 1.17 bits per heavy atom. The van der Waals surface area contributed by atoms with E-state index in [4.69, 9.17) is 9.72 Å². The Morgan fingerprint density at radius 3 is 2.66 bits per heavy atom. The first-order valence-corrected chi connectivity index (χ1v) is 10.2. The van der Waals surface area contributed by atoms with Crippen molar-refractivity contribution >= 4 is 22.6 Å². The first-order valence-electron chi connectivity index (χ1n) is 10.2. The van der Waals surface area contributed by atoms with E-state index in [9.17, 15) is 4.79 Å². The molecule has 2 heterocycles. The van der Waals surface area contributed by atoms with E-state index in [2.05, 4.69) is 34.7 Å². The summed E-state index contributed by atoms with van der Waals surface area (Å²) in [6, 6.07) is 13.9. The molecule has 0 aliphatic carbocycles. The van der Waals surface area contributed by atoms with Crippen LogP contribution in [-0.2, 0) is 11.3 Å². The average Bonchev–Trinajstić information content (AvgIpc) is 3.06. The third kappa shape index (κ3) is 4.18. The summed E-state index contributed by atoms with van der Waals surface area (Å²) in [6.07, 6.45) is 0. The monoisotopic (exact) mass is 392 g/mol. The van der Waals surface area contributed by atoms with E-state index in [1.165, 1.54) is 0 Å². The van der Waals surface area contributed by atoms with E-state index >= 15 is 0 Å². The maximum atomic E-state index is 12.7. The van der Waals surface area contributed by atoms with Gasteiger partial charge in [0.1, 0.15) is 5.82 Å². The zero-order valence-corrected chi connectivity index (χ0v) is 17.3. The second-order valence-electron chi connectivity index (χ2n) is 7.85. The molecule has 4 rings (SSSR count). The number of fused-ring (bicyclic) bond motifs is 1. The number of amides is 1. The zero-order valence-electron chi connectivity index (χ0n) is 17.3. The second-order valence-corrected chi connectivity index (χ2v) is 7.85. The highest BCUT2D eigenvalue weighted by atomic mass is 16.5. The van der Waals surface area contributed by atoms with Gasteiger partial charge in [-0.1, -0.05) is 18.2 Å². The molecule has 1 aliphatic rings. The number of nitrogens with one attached hydrogen (secondary N) is 1. The van der Waals surface area contributed by atoms with Crippen molar-refractivity contribution in [2.75, 3.05) is 31.6 Å². The number of carbonyl (C=O) groups is 1. The van der Waals surface area contributed by atoms with Gasteiger partial charge in [-0.3, -0.25) is 9.69 Å². The van der Waals surface area contributed by atoms with Gasteiger partial charge in [0.05, 0.1) is 30.8 Å². The lowest BCUT2D eigenvalue weighted by molar-refractivity contribution is 0.0325. The standard InChI is InChI=1S/C23H28N4O2/c1-16(2)27-21-9-8-18(24-23(28)19-7-5-4-6-17(19)3)14-20(21)25-22(27)15-26-10-12-29-13-11-26/h4-9,14,16H,10-13,15H2,1-3H3,(H,24,28). The number of aromatic nitrogens is 2. The molecule has 1 aromatic heterocycles. The molecule has 6 nitrogen and oxygen atoms in total. The molecule has 0 bridgehead atoms. The summed E-state index contributed by atoms with van der Waals surface area (Å²) in [4.78, 5) is 20.0. The Bertz CT molecular complexity index is 1020. The molecule has 1 amide bonds. The Hall–Kier alpha value is -2.70. The quantitative estimate of drug-likeness (QED) is 0.713. The number of hydrogen-bond acceptors (Lipinski definition) is 4. The lowest BCUT2D eigenvalue weighted by Gasteiger charge is -2.27. The normalized spacial score (nSPS) is 15.2. The summed E-state index contributed by atoms with van der Waals surface area (Å²) in [5.74, 6) is 0.957. The lowest BCUT2D eigenvalue weighted by atomic mass is 10.1. The highest BCUT2D eigenvalue weighted by molar-refractivity contribution is 6.05. The predicted octanol–water partition coefficient (Wildman–Crippen LogP) is 4.01. The molecule has 2 aromatic carbocycles. The van der Waals surface area contributed by atoms with Gasteiger partial charge in [-0.15, -0.1) is 0 Å². The van der Waals surface area contributed by atoms with Gasteiger partial charge in [0.15, 0.2) is 0 Å². The summed E-state index contributed by atoms with van der Waals surface area (Å²) in [5, 5.41) is 3.02. The molecule has 0 radical (unpaired) electrons. The zero-order chi connectivity index (χ0) is 20.4. The van der Waals surface area contributed by atoms with Gasteiger partial charge in [0.2, 0.25) is 0 Å². The van der Waals surface area contributed by atoms with Crippen LogP contribution in [-0.4, -0.2) is 46.7 Å². The van der Waals surface area contributed by atoms with Gasteiger partial charge in [-0.05, 0) is 50.6 Å². The van der Waals surface area contributed by atoms with E-state index in [1.54, 1.807) is 0 Å². The number of nitrogens with zero attached hydrogens (tertiary/aromatic N) is 3. The van der Waals surface area contributed by atoms with E-state index in [1.807, 2.05) is 43.3 Å². The molecule has 0 atom stereocenters. The Kier molecular flexibility index (Phi) is 5.65. The number of imidazole rings is 1. The van der Waals surface area contributed by atoms with Crippen molar-refractivity contribution in [1.82, 2.24) is 14.5 Å². The molecule has 152 valence electrons. The number of aryl methyl sites for hydroxylation is 1. The lowest BCUT2D eigenvalue weighted by Crippen LogP contribution is -2.36. The number of benzene rings is 2. The van der Waals surface area contributed by atoms with Crippen LogP contribution >= 0.6 is 0 Å². The molecule has 0 unspecified atom stereocenters. The fraction of sp³-hybridized carbons (Fsp3) is 0.391. The Labute approximate surface area is 171 Å². The van der Waals surface area contributed by atoms with Crippen LogP contribution < -0.4 is 5.32 Å². The van der Waals surface area contributed by atoms with Gasteiger partial charge < -0.3 is 14.6 Å². The fourth-order valence-electron chi connectivity index (χ4n) is 3.90. The van der Waals surface area contributed by atoms with Crippen LogP contribution in [0.15, 0.2) is 42.5 Å². The molecule has 1 N–H and O–H groups in total. The van der Waals surface area contributed by atoms with E-state index < -0.39 is 0 Å². The van der Waals surface area contributed by atoms with E-state index in [0.29, 0.717) is 11.6 Å². The van der Waals surface area contributed by atoms with Crippen LogP contribution in [0.2, 0.25) is 0 Å². The van der Waals surface area contributed by atoms with Crippen molar-refractivity contribution in [2.45, 2.75) is 33.4 Å². The maximum absolute atomic E-state index is 12.7. The smallest absolute Gasteiger partial charge is 0.255 e. The van der Waals surface area contributed by atoms with Crippen molar-refractivity contribution in [3.63, 3.8) is 0 Å². The summed E-state index contributed by atoms with van der Waals surface area (Å²) in [5.41, 5.74) is 4.41. The third-order valence-electron chi connectivity index (χ3n) is 5.40. The first-order chi connectivity index (χ1) is 14.0. The van der Waals surface area contributed by atoms with Crippen LogP contribution in [0, 0.1) is 6.92 Å². The molecular weight excluding hydrogens is 364 g/mol. The largest absolute Gasteiger partial charge is 0.379 e. The average molecular weight is 393 g/mol. The highest BCUT2D eigenvalue weighted by Crippen LogP contribution is 2.25. The third-order valence-corrected chi connectivity index (χ3v) is 5.40. The minimum atomic E-state index is -0.0979. The van der Waals surface area contributed by atoms with Gasteiger partial charge in [-0.2, -0.15) is 0 Å². The van der Waals surface area contributed by atoms with Crippen LogP contribution in [0.3, 0.4) is 0 Å². The van der Waals surface area contributed by atoms with Crippen molar-refractivity contribution in [3.05, 3.63) is 59.4 Å². The molecule has 0 saturated carbocycles. The van der Waals surface area contributed by atoms with Crippen LogP contribution in [0.1, 0.15) is 41.6 Å². The summed E-state index contributed by atoms with van der Waals surface area (Å²) >= 11 is 0. The fourth-order valence-corrected chi connectivity index (χ4v) is 3.90. The van der Waals surface area contributed by atoms with Crippen molar-refractivity contribution in [1.29, 1.82) is 0 Å². The predicted molar refractivity (Wildman–Crippen MR) is 115 cm³/mol. The Morgan fingerprint density at radius 2 is 1.93 bits per heavy atom.